The van der Waals surface area contributed by atoms with Crippen molar-refractivity contribution in [2.24, 2.45) is 4.99 Å². The van der Waals surface area contributed by atoms with Crippen molar-refractivity contribution in [3.8, 4) is 0 Å². The second kappa shape index (κ2) is 4.96. The van der Waals surface area contributed by atoms with Crippen molar-refractivity contribution in [3.05, 3.63) is 48.5 Å². The standard InChI is InChI=1S/C15H10N3S2.HI/c1-3-7-12-10(5-1)17-9-18-11-6-2-4-8-13(11)20-15(18)16-14(17)19-12;/h1-8H,9H2;1H/q+1;/p-1. The van der Waals surface area contributed by atoms with Gasteiger partial charge in [-0.3, -0.25) is 4.90 Å². The van der Waals surface area contributed by atoms with Crippen molar-refractivity contribution >= 4 is 49.3 Å². The lowest BCUT2D eigenvalue weighted by Gasteiger charge is -2.17. The van der Waals surface area contributed by atoms with Crippen LogP contribution in [0.3, 0.4) is 0 Å². The third-order valence-corrected chi connectivity index (χ3v) is 5.77. The summed E-state index contributed by atoms with van der Waals surface area (Å²) in [5.41, 5.74) is 2.54. The SMILES string of the molecule is [I-].c1ccc2c(c1)SC1=Nc3sc4ccccc4[n+]3CN12. The lowest BCUT2D eigenvalue weighted by Crippen LogP contribution is -3.00. The number of rotatable bonds is 0. The molecule has 0 N–H and O–H groups in total. The number of amidine groups is 1. The van der Waals surface area contributed by atoms with Gasteiger partial charge in [-0.05, 0) is 52.4 Å². The lowest BCUT2D eigenvalue weighted by atomic mass is 10.3. The Morgan fingerprint density at radius 2 is 1.86 bits per heavy atom. The topological polar surface area (TPSA) is 19.5 Å². The molecule has 0 aliphatic carbocycles. The van der Waals surface area contributed by atoms with E-state index in [0.29, 0.717) is 0 Å². The van der Waals surface area contributed by atoms with Gasteiger partial charge in [0.05, 0.1) is 10.4 Å². The van der Waals surface area contributed by atoms with Crippen LogP contribution in [0.25, 0.3) is 10.2 Å². The minimum absolute atomic E-state index is 0. The molecule has 104 valence electrons. The smallest absolute Gasteiger partial charge is 0.387 e. The Morgan fingerprint density at radius 3 is 2.81 bits per heavy atom. The van der Waals surface area contributed by atoms with Crippen molar-refractivity contribution in [2.45, 2.75) is 11.6 Å². The summed E-state index contributed by atoms with van der Waals surface area (Å²) in [7, 11) is 0. The molecule has 2 aliphatic heterocycles. The number of thioether (sulfide) groups is 1. The van der Waals surface area contributed by atoms with Crippen molar-refractivity contribution < 1.29 is 28.5 Å². The highest BCUT2D eigenvalue weighted by atomic mass is 127. The molecule has 1 aromatic heterocycles. The van der Waals surface area contributed by atoms with E-state index in [1.807, 2.05) is 0 Å². The average Bonchev–Trinajstić information content (AvgIpc) is 3.02. The molecule has 0 fully saturated rings. The van der Waals surface area contributed by atoms with Crippen molar-refractivity contribution in [1.82, 2.24) is 0 Å². The van der Waals surface area contributed by atoms with Gasteiger partial charge in [-0.1, -0.05) is 24.3 Å². The fourth-order valence-electron chi connectivity index (χ4n) is 2.71. The predicted molar refractivity (Wildman–Crippen MR) is 83.9 cm³/mol. The van der Waals surface area contributed by atoms with Gasteiger partial charge in [0.1, 0.15) is 5.52 Å². The first kappa shape index (κ1) is 13.5. The Kier molecular flexibility index (Phi) is 3.20. The third-order valence-electron chi connectivity index (χ3n) is 3.65. The first-order chi connectivity index (χ1) is 9.90. The number of aliphatic imine (C=N–C) groups is 1. The quantitative estimate of drug-likeness (QED) is 0.393. The van der Waals surface area contributed by atoms with Gasteiger partial charge in [-0.25, -0.2) is 0 Å². The Morgan fingerprint density at radius 1 is 1.05 bits per heavy atom. The molecule has 0 spiro atoms. The van der Waals surface area contributed by atoms with Crippen LogP contribution in [-0.4, -0.2) is 5.17 Å². The van der Waals surface area contributed by atoms with E-state index >= 15 is 0 Å². The van der Waals surface area contributed by atoms with Gasteiger partial charge in [-0.15, -0.1) is 0 Å². The van der Waals surface area contributed by atoms with Crippen molar-refractivity contribution in [1.29, 1.82) is 0 Å². The fraction of sp³-hybridized carbons (Fsp3) is 0.0667. The molecule has 0 unspecified atom stereocenters. The summed E-state index contributed by atoms with van der Waals surface area (Å²) in [6.45, 7) is 0.849. The number of hydrogen-bond donors (Lipinski definition) is 0. The van der Waals surface area contributed by atoms with Crippen LogP contribution in [0.5, 0.6) is 0 Å². The van der Waals surface area contributed by atoms with E-state index in [1.54, 1.807) is 23.1 Å². The van der Waals surface area contributed by atoms with Crippen molar-refractivity contribution in [3.63, 3.8) is 0 Å². The second-order valence-corrected chi connectivity index (χ2v) is 6.83. The number of thiazole rings is 1. The highest BCUT2D eigenvalue weighted by Crippen LogP contribution is 2.43. The Balaban J connectivity index is 0.00000115. The molecular formula is C15H10IN3S2. The zero-order valence-electron chi connectivity index (χ0n) is 10.9. The predicted octanol–water partition coefficient (Wildman–Crippen LogP) is 0.764. The molecule has 0 saturated carbocycles. The van der Waals surface area contributed by atoms with E-state index in [0.717, 1.165) is 17.0 Å². The summed E-state index contributed by atoms with van der Waals surface area (Å²) in [5, 5.41) is 2.19. The summed E-state index contributed by atoms with van der Waals surface area (Å²) >= 11 is 3.53. The Bertz CT molecular complexity index is 888. The number of nitrogens with zero attached hydrogens (tertiary/aromatic N) is 3. The molecular weight excluding hydrogens is 413 g/mol. The normalized spacial score (nSPS) is 15.0. The van der Waals surface area contributed by atoms with Gasteiger partial charge in [0, 0.05) is 4.90 Å². The van der Waals surface area contributed by atoms with E-state index in [-0.39, 0.29) is 24.0 Å². The Labute approximate surface area is 147 Å². The molecule has 2 aliphatic rings. The van der Waals surface area contributed by atoms with Gasteiger partial charge in [-0.2, -0.15) is 4.57 Å². The van der Waals surface area contributed by atoms with E-state index in [1.165, 1.54) is 20.8 Å². The molecule has 21 heavy (non-hydrogen) atoms. The molecule has 3 nitrogen and oxygen atoms in total. The zero-order valence-corrected chi connectivity index (χ0v) is 14.7. The van der Waals surface area contributed by atoms with Gasteiger partial charge in [0.15, 0.2) is 6.67 Å². The third kappa shape index (κ3) is 1.92. The van der Waals surface area contributed by atoms with E-state index in [9.17, 15) is 0 Å². The van der Waals surface area contributed by atoms with Crippen LogP contribution < -0.4 is 33.4 Å². The van der Waals surface area contributed by atoms with Crippen LogP contribution in [0.15, 0.2) is 58.4 Å². The van der Waals surface area contributed by atoms with Crippen LogP contribution in [0, 0.1) is 0 Å². The zero-order chi connectivity index (χ0) is 13.1. The molecule has 0 bridgehead atoms. The van der Waals surface area contributed by atoms with Gasteiger partial charge in [0.2, 0.25) is 0 Å². The van der Waals surface area contributed by atoms with Crippen molar-refractivity contribution in [2.75, 3.05) is 4.90 Å². The molecule has 2 aromatic carbocycles. The van der Waals surface area contributed by atoms with Crippen LogP contribution in [-0.2, 0) is 6.67 Å². The monoisotopic (exact) mass is 423 g/mol. The average molecular weight is 423 g/mol. The minimum atomic E-state index is 0. The van der Waals surface area contributed by atoms with Crippen LogP contribution in [0.4, 0.5) is 10.8 Å². The number of benzene rings is 2. The molecule has 0 atom stereocenters. The van der Waals surface area contributed by atoms with Crippen LogP contribution in [0.1, 0.15) is 0 Å². The maximum Gasteiger partial charge on any atom is 0.387 e. The summed E-state index contributed by atoms with van der Waals surface area (Å²) < 4.78 is 3.60. The molecule has 3 aromatic rings. The number of hydrogen-bond acceptors (Lipinski definition) is 4. The first-order valence-electron chi connectivity index (χ1n) is 6.45. The summed E-state index contributed by atoms with van der Waals surface area (Å²) in [4.78, 5) is 8.44. The second-order valence-electron chi connectivity index (χ2n) is 4.81. The minimum Gasteiger partial charge on any atom is -1.00 e. The molecule has 5 rings (SSSR count). The van der Waals surface area contributed by atoms with Crippen LogP contribution in [0.2, 0.25) is 0 Å². The maximum absolute atomic E-state index is 4.85. The van der Waals surface area contributed by atoms with E-state index < -0.39 is 0 Å². The lowest BCUT2D eigenvalue weighted by molar-refractivity contribution is -0.653. The number of anilines is 1. The first-order valence-corrected chi connectivity index (χ1v) is 8.08. The highest BCUT2D eigenvalue weighted by molar-refractivity contribution is 8.14. The molecule has 0 radical (unpaired) electrons. The number of para-hydroxylation sites is 2. The molecule has 6 heteroatoms. The maximum atomic E-state index is 4.85. The fourth-order valence-corrected chi connectivity index (χ4v) is 4.82. The number of aromatic nitrogens is 1. The van der Waals surface area contributed by atoms with Gasteiger partial charge >= 0.3 is 5.13 Å². The Hall–Kier alpha value is -1.12. The highest BCUT2D eigenvalue weighted by Gasteiger charge is 2.37. The van der Waals surface area contributed by atoms with Crippen LogP contribution >= 0.6 is 23.1 Å². The summed E-state index contributed by atoms with van der Waals surface area (Å²) in [6.07, 6.45) is 0. The molecule has 3 heterocycles. The molecule has 0 saturated heterocycles. The molecule has 0 amide bonds. The number of fused-ring (bicyclic) bond motifs is 6. The van der Waals surface area contributed by atoms with E-state index in [4.69, 9.17) is 4.99 Å². The largest absolute Gasteiger partial charge is 1.00 e. The van der Waals surface area contributed by atoms with Gasteiger partial charge < -0.3 is 24.0 Å². The van der Waals surface area contributed by atoms with E-state index in [2.05, 4.69) is 58.0 Å². The van der Waals surface area contributed by atoms with Gasteiger partial charge in [0.25, 0.3) is 5.17 Å². The summed E-state index contributed by atoms with van der Waals surface area (Å²) in [5.74, 6) is 0. The number of halogens is 1. The summed E-state index contributed by atoms with van der Waals surface area (Å²) in [6, 6.07) is 17.0.